The smallest absolute Gasteiger partial charge is 0.191 e. The average molecular weight is 406 g/mol. The predicted molar refractivity (Wildman–Crippen MR) is 97.3 cm³/mol. The highest BCUT2D eigenvalue weighted by molar-refractivity contribution is 14.0. The highest BCUT2D eigenvalue weighted by atomic mass is 127. The van der Waals surface area contributed by atoms with Crippen molar-refractivity contribution < 1.29 is 0 Å². The third kappa shape index (κ3) is 7.12. The van der Waals surface area contributed by atoms with E-state index in [2.05, 4.69) is 25.5 Å². The summed E-state index contributed by atoms with van der Waals surface area (Å²) in [4.78, 5) is 10.8. The number of aromatic nitrogens is 2. The zero-order valence-electron chi connectivity index (χ0n) is 12.8. The van der Waals surface area contributed by atoms with Gasteiger partial charge >= 0.3 is 0 Å². The number of aliphatic imine (C=N–C) groups is 1. The molecule has 0 unspecified atom stereocenters. The van der Waals surface area contributed by atoms with Crippen LogP contribution in [0, 0.1) is 0 Å². The van der Waals surface area contributed by atoms with E-state index < -0.39 is 0 Å². The molecule has 0 aromatic carbocycles. The van der Waals surface area contributed by atoms with Gasteiger partial charge in [0.05, 0.1) is 6.33 Å². The third-order valence-corrected chi connectivity index (χ3v) is 3.61. The van der Waals surface area contributed by atoms with Crippen LogP contribution in [-0.2, 0) is 6.54 Å². The van der Waals surface area contributed by atoms with Crippen LogP contribution in [0.2, 0.25) is 0 Å². The molecule has 0 spiro atoms. The third-order valence-electron chi connectivity index (χ3n) is 3.61. The molecule has 21 heavy (non-hydrogen) atoms. The molecule has 1 fully saturated rings. The normalized spacial score (nSPS) is 16.3. The highest BCUT2D eigenvalue weighted by Crippen LogP contribution is 2.07. The molecule has 2 heterocycles. The van der Waals surface area contributed by atoms with E-state index in [-0.39, 0.29) is 24.0 Å². The molecule has 1 saturated heterocycles. The van der Waals surface area contributed by atoms with Crippen molar-refractivity contribution in [2.75, 3.05) is 39.8 Å². The number of hydrogen-bond donors (Lipinski definition) is 2. The molecule has 0 amide bonds. The Balaban J connectivity index is 0.00000220. The van der Waals surface area contributed by atoms with Gasteiger partial charge in [-0.1, -0.05) is 6.42 Å². The van der Waals surface area contributed by atoms with Crippen molar-refractivity contribution in [3.63, 3.8) is 0 Å². The van der Waals surface area contributed by atoms with Crippen molar-refractivity contribution >= 4 is 29.9 Å². The maximum Gasteiger partial charge on any atom is 0.191 e. The fourth-order valence-electron chi connectivity index (χ4n) is 2.46. The van der Waals surface area contributed by atoms with Crippen LogP contribution in [0.15, 0.2) is 23.7 Å². The Morgan fingerprint density at radius 2 is 1.86 bits per heavy atom. The van der Waals surface area contributed by atoms with Crippen molar-refractivity contribution in [1.82, 2.24) is 25.1 Å². The Kier molecular flexibility index (Phi) is 9.40. The molecule has 7 heteroatoms. The molecule has 1 aromatic heterocycles. The monoisotopic (exact) mass is 406 g/mol. The molecule has 2 N–H and O–H groups in total. The quantitative estimate of drug-likeness (QED) is 0.423. The molecule has 0 saturated carbocycles. The zero-order chi connectivity index (χ0) is 14.0. The minimum Gasteiger partial charge on any atom is -0.355 e. The average Bonchev–Trinajstić information content (AvgIpc) is 3.00. The minimum atomic E-state index is 0. The Morgan fingerprint density at radius 1 is 1.14 bits per heavy atom. The van der Waals surface area contributed by atoms with Crippen LogP contribution in [0.5, 0.6) is 0 Å². The summed E-state index contributed by atoms with van der Waals surface area (Å²) in [6.07, 6.45) is 9.67. The number of nitrogens with zero attached hydrogens (tertiary/aromatic N) is 4. The molecule has 6 nitrogen and oxygen atoms in total. The fraction of sp³-hybridized carbons (Fsp3) is 0.714. The first-order chi connectivity index (χ1) is 9.88. The van der Waals surface area contributed by atoms with E-state index >= 15 is 0 Å². The lowest BCUT2D eigenvalue weighted by Gasteiger charge is -2.26. The Bertz CT molecular complexity index is 386. The largest absolute Gasteiger partial charge is 0.355 e. The summed E-state index contributed by atoms with van der Waals surface area (Å²) in [6, 6.07) is 0. The van der Waals surface area contributed by atoms with Crippen LogP contribution in [0.1, 0.15) is 19.3 Å². The standard InChI is InChI=1S/C14H26N6.HI/c1-15-14(18-7-12-20-10-5-16-13-20)17-6-11-19-8-3-2-4-9-19;/h5,10,13H,2-4,6-9,11-12H2,1H3,(H2,15,17,18);1H. The molecular formula is C14H27IN6. The van der Waals surface area contributed by atoms with Gasteiger partial charge in [-0.05, 0) is 25.9 Å². The summed E-state index contributed by atoms with van der Waals surface area (Å²) in [7, 11) is 1.81. The van der Waals surface area contributed by atoms with Crippen LogP contribution in [-0.4, -0.2) is 60.2 Å². The molecule has 1 aliphatic rings. The molecule has 2 rings (SSSR count). The molecule has 0 atom stereocenters. The number of guanidine groups is 1. The number of likely N-dealkylation sites (tertiary alicyclic amines) is 1. The number of hydrogen-bond acceptors (Lipinski definition) is 3. The fourth-order valence-corrected chi connectivity index (χ4v) is 2.46. The molecule has 0 aliphatic carbocycles. The van der Waals surface area contributed by atoms with Crippen LogP contribution in [0.3, 0.4) is 0 Å². The zero-order valence-corrected chi connectivity index (χ0v) is 15.1. The Labute approximate surface area is 144 Å². The lowest BCUT2D eigenvalue weighted by Crippen LogP contribution is -2.43. The van der Waals surface area contributed by atoms with Crippen LogP contribution >= 0.6 is 24.0 Å². The van der Waals surface area contributed by atoms with E-state index in [9.17, 15) is 0 Å². The van der Waals surface area contributed by atoms with Crippen molar-refractivity contribution in [3.8, 4) is 0 Å². The molecule has 1 aliphatic heterocycles. The molecule has 0 bridgehead atoms. The number of halogens is 1. The van der Waals surface area contributed by atoms with Gasteiger partial charge in [-0.2, -0.15) is 0 Å². The van der Waals surface area contributed by atoms with Crippen molar-refractivity contribution in [1.29, 1.82) is 0 Å². The summed E-state index contributed by atoms with van der Waals surface area (Å²) in [5.74, 6) is 0.877. The number of piperidine rings is 1. The topological polar surface area (TPSA) is 57.5 Å². The summed E-state index contributed by atoms with van der Waals surface area (Å²) < 4.78 is 2.05. The predicted octanol–water partition coefficient (Wildman–Crippen LogP) is 1.15. The Morgan fingerprint density at radius 3 is 2.48 bits per heavy atom. The van der Waals surface area contributed by atoms with Crippen LogP contribution < -0.4 is 10.6 Å². The van der Waals surface area contributed by atoms with Crippen molar-refractivity contribution in [2.45, 2.75) is 25.8 Å². The second-order valence-corrected chi connectivity index (χ2v) is 5.13. The van der Waals surface area contributed by atoms with Crippen LogP contribution in [0.4, 0.5) is 0 Å². The summed E-state index contributed by atoms with van der Waals surface area (Å²) in [6.45, 7) is 6.28. The van der Waals surface area contributed by atoms with Gasteiger partial charge in [0, 0.05) is 45.6 Å². The van der Waals surface area contributed by atoms with Crippen molar-refractivity contribution in [2.24, 2.45) is 4.99 Å². The van der Waals surface area contributed by atoms with Gasteiger partial charge in [-0.25, -0.2) is 4.98 Å². The van der Waals surface area contributed by atoms with E-state index in [4.69, 9.17) is 0 Å². The van der Waals surface area contributed by atoms with Gasteiger partial charge in [0.25, 0.3) is 0 Å². The van der Waals surface area contributed by atoms with Gasteiger partial charge in [0.2, 0.25) is 0 Å². The first-order valence-corrected chi connectivity index (χ1v) is 7.51. The molecule has 0 radical (unpaired) electrons. The summed E-state index contributed by atoms with van der Waals surface area (Å²) >= 11 is 0. The molecule has 1 aromatic rings. The van der Waals surface area contributed by atoms with E-state index in [0.29, 0.717) is 0 Å². The maximum absolute atomic E-state index is 4.24. The van der Waals surface area contributed by atoms with E-state index in [1.165, 1.54) is 32.4 Å². The summed E-state index contributed by atoms with van der Waals surface area (Å²) in [5.41, 5.74) is 0. The first kappa shape index (κ1) is 18.2. The van der Waals surface area contributed by atoms with Gasteiger partial charge in [-0.3, -0.25) is 4.99 Å². The van der Waals surface area contributed by atoms with E-state index in [1.54, 1.807) is 6.20 Å². The highest BCUT2D eigenvalue weighted by Gasteiger charge is 2.09. The second kappa shape index (κ2) is 10.8. The summed E-state index contributed by atoms with van der Waals surface area (Å²) in [5, 5.41) is 6.69. The first-order valence-electron chi connectivity index (χ1n) is 7.51. The SMILES string of the molecule is CN=C(NCCN1CCCCC1)NCCn1ccnc1.I. The number of imidazole rings is 1. The Hall–Kier alpha value is -0.830. The minimum absolute atomic E-state index is 0. The second-order valence-electron chi connectivity index (χ2n) is 5.13. The van der Waals surface area contributed by atoms with Gasteiger partial charge in [0.1, 0.15) is 0 Å². The lowest BCUT2D eigenvalue weighted by molar-refractivity contribution is 0.232. The lowest BCUT2D eigenvalue weighted by atomic mass is 10.1. The number of rotatable bonds is 6. The maximum atomic E-state index is 4.24. The van der Waals surface area contributed by atoms with Crippen LogP contribution in [0.25, 0.3) is 0 Å². The van der Waals surface area contributed by atoms with E-state index in [1.807, 2.05) is 24.1 Å². The van der Waals surface area contributed by atoms with Crippen molar-refractivity contribution in [3.05, 3.63) is 18.7 Å². The van der Waals surface area contributed by atoms with E-state index in [0.717, 1.165) is 32.1 Å². The van der Waals surface area contributed by atoms with Gasteiger partial charge in [-0.15, -0.1) is 24.0 Å². The van der Waals surface area contributed by atoms with Gasteiger partial charge in [0.15, 0.2) is 5.96 Å². The molecule has 120 valence electrons. The number of nitrogens with one attached hydrogen (secondary N) is 2. The molecular weight excluding hydrogens is 379 g/mol. The van der Waals surface area contributed by atoms with Gasteiger partial charge < -0.3 is 20.1 Å².